The molecule has 0 saturated heterocycles. The van der Waals surface area contributed by atoms with Gasteiger partial charge in [-0.1, -0.05) is 61.2 Å². The molecule has 2 aromatic carbocycles. The molecule has 0 N–H and O–H groups in total. The van der Waals surface area contributed by atoms with Crippen LogP contribution in [-0.4, -0.2) is 16.8 Å². The van der Waals surface area contributed by atoms with E-state index in [2.05, 4.69) is 11.9 Å². The van der Waals surface area contributed by atoms with Crippen LogP contribution in [0, 0.1) is 18.7 Å². The first-order valence-electron chi connectivity index (χ1n) is 11.2. The first-order valence-corrected chi connectivity index (χ1v) is 12.0. The minimum Gasteiger partial charge on any atom is -0.496 e. The van der Waals surface area contributed by atoms with Crippen molar-refractivity contribution < 1.29 is 14.0 Å². The third-order valence-electron chi connectivity index (χ3n) is 5.85. The first-order chi connectivity index (χ1) is 16.3. The molecule has 34 heavy (non-hydrogen) atoms. The molecule has 0 bridgehead atoms. The summed E-state index contributed by atoms with van der Waals surface area (Å²) in [5, 5.41) is 0.295. The maximum Gasteiger partial charge on any atom is 0.150 e. The largest absolute Gasteiger partial charge is 0.496 e. The Morgan fingerprint density at radius 1 is 1.15 bits per heavy atom. The van der Waals surface area contributed by atoms with Crippen LogP contribution in [0.4, 0.5) is 4.39 Å². The number of halogens is 3. The fraction of sp³-hybridized carbons (Fsp3) is 0.296. The average Bonchev–Trinajstić information content (AvgIpc) is 3.51. The third-order valence-corrected chi connectivity index (χ3v) is 6.57. The Labute approximate surface area is 209 Å². The van der Waals surface area contributed by atoms with Crippen LogP contribution in [0.3, 0.4) is 0 Å². The summed E-state index contributed by atoms with van der Waals surface area (Å²) in [6.45, 7) is 6.04. The van der Waals surface area contributed by atoms with Gasteiger partial charge in [-0.05, 0) is 49.6 Å². The fourth-order valence-corrected chi connectivity index (χ4v) is 4.36. The van der Waals surface area contributed by atoms with Gasteiger partial charge in [-0.25, -0.2) is 4.39 Å². The van der Waals surface area contributed by atoms with Crippen molar-refractivity contribution in [2.45, 2.75) is 39.7 Å². The smallest absolute Gasteiger partial charge is 0.150 e. The fourth-order valence-electron chi connectivity index (χ4n) is 3.68. The van der Waals surface area contributed by atoms with Gasteiger partial charge in [-0.3, -0.25) is 4.98 Å². The van der Waals surface area contributed by atoms with Crippen LogP contribution < -0.4 is 9.57 Å². The minimum atomic E-state index is -0.589. The van der Waals surface area contributed by atoms with E-state index in [4.69, 9.17) is 32.8 Å². The molecule has 1 aliphatic carbocycles. The summed E-state index contributed by atoms with van der Waals surface area (Å²) in [6.07, 6.45) is 5.94. The minimum absolute atomic E-state index is 0.0465. The predicted octanol–water partition coefficient (Wildman–Crippen LogP) is 8.07. The van der Waals surface area contributed by atoms with Gasteiger partial charge in [0.1, 0.15) is 17.1 Å². The summed E-state index contributed by atoms with van der Waals surface area (Å²) in [5.74, 6) is 1.34. The summed E-state index contributed by atoms with van der Waals surface area (Å²) < 4.78 is 21.1. The van der Waals surface area contributed by atoms with Gasteiger partial charge in [0.05, 0.1) is 17.6 Å². The van der Waals surface area contributed by atoms with Gasteiger partial charge in [0.2, 0.25) is 0 Å². The quantitative estimate of drug-likeness (QED) is 0.260. The Morgan fingerprint density at radius 2 is 1.88 bits per heavy atom. The lowest BCUT2D eigenvalue weighted by Gasteiger charge is -2.19. The van der Waals surface area contributed by atoms with Gasteiger partial charge in [0.15, 0.2) is 6.10 Å². The van der Waals surface area contributed by atoms with Crippen molar-refractivity contribution in [1.82, 2.24) is 9.71 Å². The van der Waals surface area contributed by atoms with Crippen molar-refractivity contribution in [2.24, 2.45) is 5.92 Å². The highest BCUT2D eigenvalue weighted by molar-refractivity contribution is 6.36. The highest BCUT2D eigenvalue weighted by Gasteiger charge is 2.20. The molecule has 1 saturated carbocycles. The number of hydrogen-bond acceptors (Lipinski definition) is 3. The van der Waals surface area contributed by atoms with Crippen LogP contribution >= 0.6 is 23.2 Å². The Hall–Kier alpha value is -2.76. The van der Waals surface area contributed by atoms with E-state index < -0.39 is 11.9 Å². The molecule has 0 amide bonds. The van der Waals surface area contributed by atoms with Gasteiger partial charge in [-0.2, -0.15) is 4.73 Å². The Balaban J connectivity index is 0.000000620. The number of rotatable bonds is 5. The zero-order valence-corrected chi connectivity index (χ0v) is 21.1. The molecule has 0 spiro atoms. The number of benzene rings is 2. The molecule has 0 radical (unpaired) electrons. The number of fused-ring (bicyclic) bond motifs is 1. The molecule has 1 aliphatic rings. The van der Waals surface area contributed by atoms with Gasteiger partial charge < -0.3 is 9.57 Å². The van der Waals surface area contributed by atoms with Crippen LogP contribution in [0.5, 0.6) is 5.75 Å². The number of aromatic nitrogens is 2. The third kappa shape index (κ3) is 5.16. The van der Waals surface area contributed by atoms with Gasteiger partial charge in [0.25, 0.3) is 0 Å². The van der Waals surface area contributed by atoms with Crippen molar-refractivity contribution in [3.63, 3.8) is 0 Å². The molecule has 7 heteroatoms. The predicted molar refractivity (Wildman–Crippen MR) is 136 cm³/mol. The molecule has 0 aliphatic heterocycles. The maximum absolute atomic E-state index is 13.9. The van der Waals surface area contributed by atoms with E-state index in [-0.39, 0.29) is 5.02 Å². The number of methoxy groups -OCH3 is 1. The number of aryl methyl sites for hydroxylation is 1. The van der Waals surface area contributed by atoms with Crippen LogP contribution in [-0.2, 0) is 0 Å². The summed E-state index contributed by atoms with van der Waals surface area (Å²) >= 11 is 12.4. The van der Waals surface area contributed by atoms with E-state index in [1.54, 1.807) is 31.2 Å². The molecular weight excluding hydrogens is 474 g/mol. The molecule has 5 rings (SSSR count). The highest BCUT2D eigenvalue weighted by Crippen LogP contribution is 2.35. The van der Waals surface area contributed by atoms with E-state index in [1.807, 2.05) is 37.3 Å². The standard InChI is InChI=1S/C23H19Cl2FN2O2.C4H8/c1-13-5-4-6-16(23(13)29-3)15-11-20-19(27-12-15)9-10-28(20)30-14(2)21-17(24)7-8-18(26)22(21)25;1-4-2-3-4/h4-12,14H,1-3H3;4H,2-3H2,1H3. The van der Waals surface area contributed by atoms with Gasteiger partial charge in [-0.15, -0.1) is 0 Å². The molecule has 1 fully saturated rings. The first kappa shape index (κ1) is 24.4. The van der Waals surface area contributed by atoms with Crippen molar-refractivity contribution >= 4 is 34.2 Å². The second-order valence-corrected chi connectivity index (χ2v) is 9.40. The topological polar surface area (TPSA) is 36.3 Å². The van der Waals surface area contributed by atoms with Crippen molar-refractivity contribution in [3.8, 4) is 16.9 Å². The summed E-state index contributed by atoms with van der Waals surface area (Å²) in [6, 6.07) is 12.5. The molecule has 178 valence electrons. The lowest BCUT2D eigenvalue weighted by molar-refractivity contribution is 0.0562. The molecule has 4 nitrogen and oxygen atoms in total. The van der Waals surface area contributed by atoms with Gasteiger partial charge >= 0.3 is 0 Å². The number of para-hydroxylation sites is 1. The number of nitrogens with zero attached hydrogens (tertiary/aromatic N) is 2. The Kier molecular flexibility index (Phi) is 7.34. The molecular formula is C27H27Cl2FN2O2. The highest BCUT2D eigenvalue weighted by atomic mass is 35.5. The van der Waals surface area contributed by atoms with E-state index in [0.717, 1.165) is 39.4 Å². The van der Waals surface area contributed by atoms with Gasteiger partial charge in [0, 0.05) is 34.1 Å². The average molecular weight is 501 g/mol. The van der Waals surface area contributed by atoms with E-state index in [9.17, 15) is 4.39 Å². The second kappa shape index (κ2) is 10.2. The summed E-state index contributed by atoms with van der Waals surface area (Å²) in [4.78, 5) is 10.6. The van der Waals surface area contributed by atoms with Crippen LogP contribution in [0.2, 0.25) is 10.0 Å². The maximum atomic E-state index is 13.9. The Morgan fingerprint density at radius 3 is 2.56 bits per heavy atom. The zero-order valence-electron chi connectivity index (χ0n) is 19.6. The molecule has 4 aromatic rings. The van der Waals surface area contributed by atoms with Crippen molar-refractivity contribution in [1.29, 1.82) is 0 Å². The van der Waals surface area contributed by atoms with Crippen molar-refractivity contribution in [2.75, 3.05) is 7.11 Å². The van der Waals surface area contributed by atoms with E-state index in [1.165, 1.54) is 25.0 Å². The summed E-state index contributed by atoms with van der Waals surface area (Å²) in [7, 11) is 1.65. The lowest BCUT2D eigenvalue weighted by Crippen LogP contribution is -2.16. The van der Waals surface area contributed by atoms with E-state index >= 15 is 0 Å². The SMILES string of the molecule is CC1CC1.COc1c(C)cccc1-c1cnc2ccn(OC(C)c3c(Cl)ccc(F)c3Cl)c2c1. The van der Waals surface area contributed by atoms with Crippen LogP contribution in [0.25, 0.3) is 22.2 Å². The lowest BCUT2D eigenvalue weighted by atomic mass is 10.0. The number of hydrogen-bond donors (Lipinski definition) is 0. The monoisotopic (exact) mass is 500 g/mol. The molecule has 2 heterocycles. The molecule has 1 unspecified atom stereocenters. The van der Waals surface area contributed by atoms with E-state index in [0.29, 0.717) is 10.6 Å². The number of ether oxygens (including phenoxy) is 1. The normalized spacial score (nSPS) is 13.9. The van der Waals surface area contributed by atoms with Crippen LogP contribution in [0.15, 0.2) is 54.9 Å². The Bertz CT molecular complexity index is 1320. The zero-order chi connectivity index (χ0) is 24.4. The van der Waals surface area contributed by atoms with Crippen LogP contribution in [0.1, 0.15) is 43.9 Å². The second-order valence-electron chi connectivity index (χ2n) is 8.61. The molecule has 2 aromatic heterocycles. The summed E-state index contributed by atoms with van der Waals surface area (Å²) in [5.41, 5.74) is 4.76. The van der Waals surface area contributed by atoms with Crippen molar-refractivity contribution in [3.05, 3.63) is 81.8 Å². The number of pyridine rings is 1. The molecule has 1 atom stereocenters.